The smallest absolute Gasteiger partial charge is 0.261 e. The van der Waals surface area contributed by atoms with Crippen LogP contribution >= 0.6 is 22.3 Å². The summed E-state index contributed by atoms with van der Waals surface area (Å²) in [6.45, 7) is 3.86. The summed E-state index contributed by atoms with van der Waals surface area (Å²) in [5.74, 6) is -0.221. The Balaban J connectivity index is 2.96. The lowest BCUT2D eigenvalue weighted by atomic mass is 10.0. The highest BCUT2D eigenvalue weighted by Crippen LogP contribution is 2.27. The number of anilines is 1. The molecule has 0 aromatic heterocycles. The van der Waals surface area contributed by atoms with Gasteiger partial charge in [-0.3, -0.25) is 4.79 Å². The Morgan fingerprint density at radius 3 is 2.32 bits per heavy atom. The zero-order valence-corrected chi connectivity index (χ0v) is 12.9. The number of carbonyl (C=O) groups excluding carboxylic acids is 1. The lowest BCUT2D eigenvalue weighted by Crippen LogP contribution is -2.21. The molecule has 0 radical (unpaired) electrons. The SMILES string of the molecule is CCC(CC)C(=O)Nc1ccc(S(=O)(=O)Cl)cc1Cl. The summed E-state index contributed by atoms with van der Waals surface area (Å²) in [7, 11) is 1.39. The van der Waals surface area contributed by atoms with Crippen molar-refractivity contribution >= 4 is 42.9 Å². The largest absolute Gasteiger partial charge is 0.325 e. The third kappa shape index (κ3) is 4.37. The first-order valence-corrected chi connectivity index (χ1v) is 8.53. The van der Waals surface area contributed by atoms with Crippen LogP contribution in [0.4, 0.5) is 5.69 Å². The molecular formula is C12H15Cl2NO3S. The maximum atomic E-state index is 11.9. The second-order valence-electron chi connectivity index (χ2n) is 4.08. The zero-order valence-electron chi connectivity index (χ0n) is 10.6. The summed E-state index contributed by atoms with van der Waals surface area (Å²) in [5.41, 5.74) is 0.377. The minimum Gasteiger partial charge on any atom is -0.325 e. The molecular weight excluding hydrogens is 309 g/mol. The zero-order chi connectivity index (χ0) is 14.6. The van der Waals surface area contributed by atoms with Crippen molar-refractivity contribution in [3.8, 4) is 0 Å². The fraction of sp³-hybridized carbons (Fsp3) is 0.417. The van der Waals surface area contributed by atoms with Crippen molar-refractivity contribution in [2.24, 2.45) is 5.92 Å². The van der Waals surface area contributed by atoms with E-state index in [0.29, 0.717) is 5.69 Å². The van der Waals surface area contributed by atoms with Gasteiger partial charge >= 0.3 is 0 Å². The van der Waals surface area contributed by atoms with Crippen molar-refractivity contribution in [3.63, 3.8) is 0 Å². The predicted octanol–water partition coefficient (Wildman–Crippen LogP) is 3.64. The van der Waals surface area contributed by atoms with Gasteiger partial charge < -0.3 is 5.32 Å². The molecule has 0 saturated carbocycles. The average molecular weight is 324 g/mol. The maximum absolute atomic E-state index is 11.9. The second-order valence-corrected chi connectivity index (χ2v) is 7.06. The molecule has 1 amide bonds. The van der Waals surface area contributed by atoms with Gasteiger partial charge in [-0.2, -0.15) is 0 Å². The van der Waals surface area contributed by atoms with E-state index in [-0.39, 0.29) is 21.7 Å². The molecule has 0 atom stereocenters. The molecule has 0 aliphatic heterocycles. The van der Waals surface area contributed by atoms with E-state index in [1.807, 2.05) is 13.8 Å². The predicted molar refractivity (Wildman–Crippen MR) is 77.2 cm³/mol. The molecule has 19 heavy (non-hydrogen) atoms. The van der Waals surface area contributed by atoms with Crippen LogP contribution in [0.3, 0.4) is 0 Å². The number of hydrogen-bond acceptors (Lipinski definition) is 3. The average Bonchev–Trinajstić information content (AvgIpc) is 2.32. The Bertz CT molecular complexity index is 568. The minimum absolute atomic E-state index is 0.0903. The van der Waals surface area contributed by atoms with E-state index in [4.69, 9.17) is 22.3 Å². The molecule has 0 unspecified atom stereocenters. The van der Waals surface area contributed by atoms with Crippen molar-refractivity contribution in [1.29, 1.82) is 0 Å². The fourth-order valence-corrected chi connectivity index (χ4v) is 2.71. The number of amides is 1. The standard InChI is InChI=1S/C12H15Cl2NO3S/c1-3-8(4-2)12(16)15-11-6-5-9(7-10(11)13)19(14,17)18/h5-8H,3-4H2,1-2H3,(H,15,16). The van der Waals surface area contributed by atoms with Gasteiger partial charge in [-0.1, -0.05) is 25.4 Å². The van der Waals surface area contributed by atoms with Crippen LogP contribution in [0.5, 0.6) is 0 Å². The van der Waals surface area contributed by atoms with Crippen molar-refractivity contribution in [2.75, 3.05) is 5.32 Å². The van der Waals surface area contributed by atoms with Gasteiger partial charge in [-0.05, 0) is 31.0 Å². The molecule has 4 nitrogen and oxygen atoms in total. The molecule has 0 fully saturated rings. The van der Waals surface area contributed by atoms with Crippen LogP contribution < -0.4 is 5.32 Å². The first-order valence-electron chi connectivity index (χ1n) is 5.84. The van der Waals surface area contributed by atoms with Crippen molar-refractivity contribution in [3.05, 3.63) is 23.2 Å². The number of benzene rings is 1. The van der Waals surface area contributed by atoms with Gasteiger partial charge in [-0.25, -0.2) is 8.42 Å². The van der Waals surface area contributed by atoms with Crippen LogP contribution in [-0.2, 0) is 13.8 Å². The Morgan fingerprint density at radius 2 is 1.89 bits per heavy atom. The highest BCUT2D eigenvalue weighted by atomic mass is 35.7. The third-order valence-electron chi connectivity index (χ3n) is 2.84. The monoisotopic (exact) mass is 323 g/mol. The number of carbonyl (C=O) groups is 1. The summed E-state index contributed by atoms with van der Waals surface area (Å²) in [6.07, 6.45) is 1.46. The molecule has 0 saturated heterocycles. The highest BCUT2D eigenvalue weighted by Gasteiger charge is 2.17. The Labute approximate surface area is 122 Å². The Hall–Kier alpha value is -0.780. The van der Waals surface area contributed by atoms with E-state index >= 15 is 0 Å². The van der Waals surface area contributed by atoms with Gasteiger partial charge in [0.25, 0.3) is 9.05 Å². The minimum atomic E-state index is -3.82. The highest BCUT2D eigenvalue weighted by molar-refractivity contribution is 8.13. The van der Waals surface area contributed by atoms with Gasteiger partial charge in [-0.15, -0.1) is 0 Å². The summed E-state index contributed by atoms with van der Waals surface area (Å²) in [6, 6.07) is 3.95. The Morgan fingerprint density at radius 1 is 1.32 bits per heavy atom. The summed E-state index contributed by atoms with van der Waals surface area (Å²) in [4.78, 5) is 11.8. The molecule has 1 N–H and O–H groups in total. The van der Waals surface area contributed by atoms with Crippen LogP contribution in [0.2, 0.25) is 5.02 Å². The van der Waals surface area contributed by atoms with E-state index in [2.05, 4.69) is 5.32 Å². The van der Waals surface area contributed by atoms with E-state index in [1.165, 1.54) is 18.2 Å². The molecule has 7 heteroatoms. The van der Waals surface area contributed by atoms with E-state index in [1.54, 1.807) is 0 Å². The van der Waals surface area contributed by atoms with Crippen LogP contribution in [0.25, 0.3) is 0 Å². The first-order chi connectivity index (χ1) is 8.79. The first kappa shape index (κ1) is 16.3. The number of halogens is 2. The van der Waals surface area contributed by atoms with Gasteiger partial charge in [0.05, 0.1) is 15.6 Å². The van der Waals surface area contributed by atoms with Crippen LogP contribution in [0.1, 0.15) is 26.7 Å². The number of nitrogens with one attached hydrogen (secondary N) is 1. The van der Waals surface area contributed by atoms with Crippen molar-refractivity contribution in [1.82, 2.24) is 0 Å². The van der Waals surface area contributed by atoms with Gasteiger partial charge in [0.1, 0.15) is 0 Å². The quantitative estimate of drug-likeness (QED) is 0.841. The van der Waals surface area contributed by atoms with Crippen LogP contribution in [0, 0.1) is 5.92 Å². The molecule has 0 aliphatic rings. The van der Waals surface area contributed by atoms with Gasteiger partial charge in [0.2, 0.25) is 5.91 Å². The van der Waals surface area contributed by atoms with Crippen molar-refractivity contribution in [2.45, 2.75) is 31.6 Å². The molecule has 0 spiro atoms. The number of hydrogen-bond donors (Lipinski definition) is 1. The molecule has 0 aliphatic carbocycles. The van der Waals surface area contributed by atoms with Crippen LogP contribution in [0.15, 0.2) is 23.1 Å². The molecule has 1 aromatic rings. The van der Waals surface area contributed by atoms with E-state index in [9.17, 15) is 13.2 Å². The second kappa shape index (κ2) is 6.59. The fourth-order valence-electron chi connectivity index (χ4n) is 1.64. The van der Waals surface area contributed by atoms with E-state index in [0.717, 1.165) is 12.8 Å². The molecule has 106 valence electrons. The van der Waals surface area contributed by atoms with Crippen molar-refractivity contribution < 1.29 is 13.2 Å². The Kier molecular flexibility index (Phi) is 5.64. The van der Waals surface area contributed by atoms with E-state index < -0.39 is 9.05 Å². The summed E-state index contributed by atoms with van der Waals surface area (Å²) in [5, 5.41) is 2.82. The van der Waals surface area contributed by atoms with Crippen LogP contribution in [-0.4, -0.2) is 14.3 Å². The lowest BCUT2D eigenvalue weighted by molar-refractivity contribution is -0.120. The third-order valence-corrected chi connectivity index (χ3v) is 4.50. The molecule has 1 aromatic carbocycles. The maximum Gasteiger partial charge on any atom is 0.261 e. The lowest BCUT2D eigenvalue weighted by Gasteiger charge is -2.14. The topological polar surface area (TPSA) is 63.2 Å². The molecule has 0 bridgehead atoms. The summed E-state index contributed by atoms with van der Waals surface area (Å²) < 4.78 is 22.3. The van der Waals surface area contributed by atoms with Gasteiger partial charge in [0.15, 0.2) is 0 Å². The van der Waals surface area contributed by atoms with Gasteiger partial charge in [0, 0.05) is 16.6 Å². The molecule has 1 rings (SSSR count). The molecule has 0 heterocycles. The normalized spacial score (nSPS) is 11.6. The summed E-state index contributed by atoms with van der Waals surface area (Å²) >= 11 is 5.93. The number of rotatable bonds is 5.